The number of ether oxygens (including phenoxy) is 1. The minimum Gasteiger partial charge on any atom is -0.508 e. The van der Waals surface area contributed by atoms with Crippen molar-refractivity contribution in [2.24, 2.45) is 0 Å². The molecule has 3 nitrogen and oxygen atoms in total. The first-order valence-corrected chi connectivity index (χ1v) is 10.4. The molecule has 1 fully saturated rings. The summed E-state index contributed by atoms with van der Waals surface area (Å²) in [6.07, 6.45) is 4.70. The molecule has 144 valence electrons. The normalized spacial score (nSPS) is 20.4. The number of fused-ring (bicyclic) bond motifs is 9. The van der Waals surface area contributed by atoms with Crippen LogP contribution in [0, 0.1) is 0 Å². The van der Waals surface area contributed by atoms with E-state index in [1.807, 2.05) is 36.4 Å². The predicted molar refractivity (Wildman–Crippen MR) is 115 cm³/mol. The third kappa shape index (κ3) is 2.50. The standard InChI is InChI=1S/C26H22O3/c27-17-7-9-19-15(13-17)5-11-23-25(19)21-3-1-2-4-22(21)26-20-10-8-18(28)14-16(20)6-12-24(26)29-23/h5-14,21-22,27-28H,1-4H2/t21-,22?/m1/s1. The second-order valence-corrected chi connectivity index (χ2v) is 8.37. The van der Waals surface area contributed by atoms with E-state index >= 15 is 0 Å². The lowest BCUT2D eigenvalue weighted by atomic mass is 9.70. The van der Waals surface area contributed by atoms with Crippen molar-refractivity contribution in [1.82, 2.24) is 0 Å². The summed E-state index contributed by atoms with van der Waals surface area (Å²) in [5.74, 6) is 3.21. The zero-order valence-electron chi connectivity index (χ0n) is 16.1. The zero-order valence-corrected chi connectivity index (χ0v) is 16.1. The Bertz CT molecular complexity index is 1170. The van der Waals surface area contributed by atoms with E-state index in [1.54, 1.807) is 12.1 Å². The summed E-state index contributed by atoms with van der Waals surface area (Å²) < 4.78 is 6.55. The van der Waals surface area contributed by atoms with Crippen LogP contribution < -0.4 is 4.74 Å². The molecule has 4 aromatic carbocycles. The molecule has 6 rings (SSSR count). The van der Waals surface area contributed by atoms with Crippen LogP contribution in [0.3, 0.4) is 0 Å². The number of aromatic hydroxyl groups is 2. The fraction of sp³-hybridized carbons (Fsp3) is 0.231. The first kappa shape index (κ1) is 16.7. The van der Waals surface area contributed by atoms with Crippen molar-refractivity contribution in [3.63, 3.8) is 0 Å². The number of phenolic OH excluding ortho intramolecular Hbond substituents is 2. The summed E-state index contributed by atoms with van der Waals surface area (Å²) in [4.78, 5) is 0. The number of hydrogen-bond acceptors (Lipinski definition) is 3. The first-order chi connectivity index (χ1) is 14.2. The van der Waals surface area contributed by atoms with E-state index in [2.05, 4.69) is 12.1 Å². The van der Waals surface area contributed by atoms with E-state index in [0.29, 0.717) is 23.3 Å². The van der Waals surface area contributed by atoms with Gasteiger partial charge in [0.15, 0.2) is 0 Å². The Balaban J connectivity index is 1.66. The fourth-order valence-electron chi connectivity index (χ4n) is 5.53. The number of hydrogen-bond donors (Lipinski definition) is 2. The maximum Gasteiger partial charge on any atom is 0.131 e. The van der Waals surface area contributed by atoms with Crippen molar-refractivity contribution in [1.29, 1.82) is 0 Å². The molecule has 1 heterocycles. The summed E-state index contributed by atoms with van der Waals surface area (Å²) in [5, 5.41) is 24.4. The van der Waals surface area contributed by atoms with E-state index in [-0.39, 0.29) is 0 Å². The smallest absolute Gasteiger partial charge is 0.131 e. The maximum atomic E-state index is 9.95. The quantitative estimate of drug-likeness (QED) is 0.346. The summed E-state index contributed by atoms with van der Waals surface area (Å²) in [6.45, 7) is 0. The maximum absolute atomic E-state index is 9.95. The molecule has 1 unspecified atom stereocenters. The van der Waals surface area contributed by atoms with Crippen LogP contribution in [0.2, 0.25) is 0 Å². The molecule has 1 aliphatic carbocycles. The molecular formula is C26H22O3. The topological polar surface area (TPSA) is 49.7 Å². The molecule has 0 bridgehead atoms. The predicted octanol–water partition coefficient (Wildman–Crippen LogP) is 6.95. The van der Waals surface area contributed by atoms with Crippen LogP contribution in [0.25, 0.3) is 21.5 Å². The molecule has 4 aromatic rings. The van der Waals surface area contributed by atoms with E-state index in [9.17, 15) is 10.2 Å². The summed E-state index contributed by atoms with van der Waals surface area (Å²) in [7, 11) is 0. The van der Waals surface area contributed by atoms with Crippen LogP contribution in [0.15, 0.2) is 60.7 Å². The van der Waals surface area contributed by atoms with Crippen molar-refractivity contribution >= 4 is 21.5 Å². The molecule has 0 amide bonds. The molecular weight excluding hydrogens is 360 g/mol. The lowest BCUT2D eigenvalue weighted by molar-refractivity contribution is 0.392. The van der Waals surface area contributed by atoms with Gasteiger partial charge in [0.05, 0.1) is 0 Å². The Morgan fingerprint density at radius 1 is 0.621 bits per heavy atom. The molecule has 0 saturated heterocycles. The second-order valence-electron chi connectivity index (χ2n) is 8.37. The van der Waals surface area contributed by atoms with Gasteiger partial charge in [0.25, 0.3) is 0 Å². The molecule has 0 aromatic heterocycles. The Morgan fingerprint density at radius 2 is 1.10 bits per heavy atom. The molecule has 29 heavy (non-hydrogen) atoms. The van der Waals surface area contributed by atoms with Gasteiger partial charge in [0, 0.05) is 11.1 Å². The van der Waals surface area contributed by atoms with Crippen molar-refractivity contribution in [2.75, 3.05) is 0 Å². The second kappa shape index (κ2) is 6.15. The van der Waals surface area contributed by atoms with E-state index < -0.39 is 0 Å². The number of phenols is 2. The molecule has 1 aliphatic heterocycles. The van der Waals surface area contributed by atoms with Gasteiger partial charge in [-0.1, -0.05) is 37.1 Å². The Morgan fingerprint density at radius 3 is 1.59 bits per heavy atom. The number of rotatable bonds is 0. The summed E-state index contributed by atoms with van der Waals surface area (Å²) >= 11 is 0. The molecule has 2 atom stereocenters. The molecule has 0 radical (unpaired) electrons. The average molecular weight is 382 g/mol. The Labute approximate surface area is 169 Å². The average Bonchev–Trinajstić information content (AvgIpc) is 2.88. The van der Waals surface area contributed by atoms with Gasteiger partial charge in [-0.3, -0.25) is 0 Å². The minimum atomic E-state index is 0.293. The van der Waals surface area contributed by atoms with Crippen LogP contribution in [-0.2, 0) is 0 Å². The highest BCUT2D eigenvalue weighted by atomic mass is 16.5. The van der Waals surface area contributed by atoms with Crippen molar-refractivity contribution in [2.45, 2.75) is 37.5 Å². The highest BCUT2D eigenvalue weighted by Crippen LogP contribution is 2.55. The van der Waals surface area contributed by atoms with Crippen LogP contribution in [0.1, 0.15) is 48.6 Å². The van der Waals surface area contributed by atoms with Gasteiger partial charge in [0.2, 0.25) is 0 Å². The van der Waals surface area contributed by atoms with Gasteiger partial charge in [-0.25, -0.2) is 0 Å². The fourth-order valence-corrected chi connectivity index (χ4v) is 5.53. The number of benzene rings is 4. The van der Waals surface area contributed by atoms with Gasteiger partial charge < -0.3 is 14.9 Å². The minimum absolute atomic E-state index is 0.293. The van der Waals surface area contributed by atoms with Gasteiger partial charge in [-0.2, -0.15) is 0 Å². The monoisotopic (exact) mass is 382 g/mol. The molecule has 0 spiro atoms. The van der Waals surface area contributed by atoms with E-state index in [0.717, 1.165) is 35.1 Å². The SMILES string of the molecule is Oc1ccc2c3c(ccc2c1)Oc1ccc2cc(O)ccc2c1[C@@H]1CCCCC31. The lowest BCUT2D eigenvalue weighted by Crippen LogP contribution is -2.16. The Kier molecular flexibility index (Phi) is 3.55. The van der Waals surface area contributed by atoms with Crippen molar-refractivity contribution in [3.05, 3.63) is 71.8 Å². The third-order valence-electron chi connectivity index (χ3n) is 6.74. The largest absolute Gasteiger partial charge is 0.508 e. The zero-order chi connectivity index (χ0) is 19.5. The lowest BCUT2D eigenvalue weighted by Gasteiger charge is -2.32. The Hall–Kier alpha value is -3.20. The van der Waals surface area contributed by atoms with Crippen LogP contribution >= 0.6 is 0 Å². The van der Waals surface area contributed by atoms with Crippen molar-refractivity contribution < 1.29 is 14.9 Å². The van der Waals surface area contributed by atoms with Crippen molar-refractivity contribution in [3.8, 4) is 23.0 Å². The van der Waals surface area contributed by atoms with E-state index in [1.165, 1.54) is 34.7 Å². The van der Waals surface area contributed by atoms with Crippen LogP contribution in [-0.4, -0.2) is 10.2 Å². The van der Waals surface area contributed by atoms with E-state index in [4.69, 9.17) is 4.74 Å². The van der Waals surface area contributed by atoms with Gasteiger partial charge in [0.1, 0.15) is 23.0 Å². The molecule has 3 heteroatoms. The van der Waals surface area contributed by atoms with Gasteiger partial charge in [-0.05, 0) is 82.6 Å². The molecule has 1 saturated carbocycles. The third-order valence-corrected chi connectivity index (χ3v) is 6.74. The summed E-state index contributed by atoms with van der Waals surface area (Å²) in [6, 6.07) is 19.5. The highest BCUT2D eigenvalue weighted by molar-refractivity contribution is 5.92. The molecule has 2 N–H and O–H groups in total. The van der Waals surface area contributed by atoms with Gasteiger partial charge >= 0.3 is 0 Å². The highest BCUT2D eigenvalue weighted by Gasteiger charge is 2.36. The van der Waals surface area contributed by atoms with Gasteiger partial charge in [-0.15, -0.1) is 0 Å². The summed E-state index contributed by atoms with van der Waals surface area (Å²) in [5.41, 5.74) is 2.55. The molecule has 2 aliphatic rings. The first-order valence-electron chi connectivity index (χ1n) is 10.4. The van der Waals surface area contributed by atoms with Crippen LogP contribution in [0.4, 0.5) is 0 Å². The van der Waals surface area contributed by atoms with Crippen LogP contribution in [0.5, 0.6) is 23.0 Å².